The maximum atomic E-state index is 11.7. The van der Waals surface area contributed by atoms with Crippen LogP contribution in [0.2, 0.25) is 0 Å². The first kappa shape index (κ1) is 13.2. The van der Waals surface area contributed by atoms with Gasteiger partial charge in [-0.1, -0.05) is 6.08 Å². The van der Waals surface area contributed by atoms with Gasteiger partial charge in [0.2, 0.25) is 0 Å². The molecule has 5 nitrogen and oxygen atoms in total. The Kier molecular flexibility index (Phi) is 4.48. The number of hydroxylamine groups is 1. The third-order valence-electron chi connectivity index (χ3n) is 2.75. The number of ether oxygens (including phenoxy) is 1. The topological polar surface area (TPSA) is 59.6 Å². The number of carbonyl (C=O) groups is 1. The highest BCUT2D eigenvalue weighted by Gasteiger charge is 2.33. The van der Waals surface area contributed by atoms with Crippen LogP contribution < -0.4 is 10.8 Å². The summed E-state index contributed by atoms with van der Waals surface area (Å²) in [5, 5.41) is 5.12. The summed E-state index contributed by atoms with van der Waals surface area (Å²) in [5.74, 6) is -0.260. The molecule has 0 saturated carbocycles. The van der Waals surface area contributed by atoms with Crippen molar-refractivity contribution in [2.24, 2.45) is 0 Å². The van der Waals surface area contributed by atoms with E-state index in [1.165, 1.54) is 7.11 Å². The number of carbonyl (C=O) groups excluding carboxylic acids is 1. The molecule has 0 unspecified atom stereocenters. The average molecular weight is 268 g/mol. The van der Waals surface area contributed by atoms with Crippen LogP contribution in [0.1, 0.15) is 22.5 Å². The highest BCUT2D eigenvalue weighted by atomic mass is 32.1. The monoisotopic (exact) mass is 268 g/mol. The molecule has 0 aromatic carbocycles. The zero-order valence-corrected chi connectivity index (χ0v) is 11.0. The van der Waals surface area contributed by atoms with E-state index in [0.29, 0.717) is 13.2 Å². The Morgan fingerprint density at radius 3 is 3.33 bits per heavy atom. The van der Waals surface area contributed by atoms with E-state index in [0.717, 1.165) is 10.4 Å². The lowest BCUT2D eigenvalue weighted by atomic mass is 10.00. The Labute approximate surface area is 110 Å². The molecule has 6 heteroatoms. The second-order valence-electron chi connectivity index (χ2n) is 3.87. The van der Waals surface area contributed by atoms with E-state index in [1.807, 2.05) is 11.4 Å². The van der Waals surface area contributed by atoms with Crippen molar-refractivity contribution in [2.45, 2.75) is 12.1 Å². The molecule has 2 N–H and O–H groups in total. The van der Waals surface area contributed by atoms with E-state index in [4.69, 9.17) is 9.57 Å². The summed E-state index contributed by atoms with van der Waals surface area (Å²) in [5.41, 5.74) is 4.04. The lowest BCUT2D eigenvalue weighted by Gasteiger charge is -2.28. The molecule has 0 spiro atoms. The molecule has 0 fully saturated rings. The molecule has 1 aromatic heterocycles. The summed E-state index contributed by atoms with van der Waals surface area (Å²) in [6.07, 6.45) is 1.68. The zero-order valence-electron chi connectivity index (χ0n) is 10.1. The van der Waals surface area contributed by atoms with Crippen LogP contribution in [0, 0.1) is 0 Å². The van der Waals surface area contributed by atoms with E-state index in [2.05, 4.69) is 17.4 Å². The molecule has 2 heterocycles. The fourth-order valence-corrected chi connectivity index (χ4v) is 2.94. The molecule has 0 radical (unpaired) electrons. The quantitative estimate of drug-likeness (QED) is 0.365. The Bertz CT molecular complexity index is 433. The van der Waals surface area contributed by atoms with Gasteiger partial charge in [0.05, 0.1) is 19.8 Å². The summed E-state index contributed by atoms with van der Waals surface area (Å²) in [6, 6.07) is 1.67. The minimum absolute atomic E-state index is 0.0344. The summed E-state index contributed by atoms with van der Waals surface area (Å²) >= 11 is 1.54. The van der Waals surface area contributed by atoms with Gasteiger partial charge < -0.3 is 4.74 Å². The minimum Gasteiger partial charge on any atom is -0.468 e. The van der Waals surface area contributed by atoms with Gasteiger partial charge in [-0.05, 0) is 17.0 Å². The first-order valence-electron chi connectivity index (χ1n) is 5.64. The van der Waals surface area contributed by atoms with Crippen molar-refractivity contribution in [2.75, 3.05) is 20.3 Å². The van der Waals surface area contributed by atoms with Gasteiger partial charge in [-0.3, -0.25) is 10.2 Å². The largest absolute Gasteiger partial charge is 0.468 e. The molecule has 18 heavy (non-hydrogen) atoms. The summed E-state index contributed by atoms with van der Waals surface area (Å²) in [6.45, 7) is 4.64. The van der Waals surface area contributed by atoms with E-state index < -0.39 is 0 Å². The maximum Gasteiger partial charge on any atom is 0.328 e. The molecule has 1 aromatic rings. The summed E-state index contributed by atoms with van der Waals surface area (Å²) in [7, 11) is 1.40. The zero-order chi connectivity index (χ0) is 13.0. The predicted molar refractivity (Wildman–Crippen MR) is 69.1 cm³/mol. The van der Waals surface area contributed by atoms with Gasteiger partial charge in [0.1, 0.15) is 6.04 Å². The molecule has 2 atom stereocenters. The number of hydrogen-bond acceptors (Lipinski definition) is 6. The third kappa shape index (κ3) is 2.62. The highest BCUT2D eigenvalue weighted by molar-refractivity contribution is 7.10. The Morgan fingerprint density at radius 2 is 2.61 bits per heavy atom. The Hall–Kier alpha value is -1.21. The second-order valence-corrected chi connectivity index (χ2v) is 4.82. The Morgan fingerprint density at radius 1 is 1.78 bits per heavy atom. The van der Waals surface area contributed by atoms with Gasteiger partial charge in [-0.2, -0.15) is 5.48 Å². The smallest absolute Gasteiger partial charge is 0.328 e. The van der Waals surface area contributed by atoms with Crippen molar-refractivity contribution in [3.05, 3.63) is 34.5 Å². The lowest BCUT2D eigenvalue weighted by Crippen LogP contribution is -2.41. The number of nitrogens with one attached hydrogen (secondary N) is 2. The first-order valence-corrected chi connectivity index (χ1v) is 6.52. The second kappa shape index (κ2) is 6.10. The van der Waals surface area contributed by atoms with Crippen LogP contribution in [-0.2, 0) is 14.4 Å². The number of thiophene rings is 1. The van der Waals surface area contributed by atoms with E-state index in [-0.39, 0.29) is 18.1 Å². The van der Waals surface area contributed by atoms with Crippen LogP contribution >= 0.6 is 11.3 Å². The van der Waals surface area contributed by atoms with Crippen molar-refractivity contribution in [1.29, 1.82) is 0 Å². The van der Waals surface area contributed by atoms with Gasteiger partial charge in [0.25, 0.3) is 0 Å². The number of methoxy groups -OCH3 is 1. The van der Waals surface area contributed by atoms with Crippen LogP contribution in [0.15, 0.2) is 24.1 Å². The van der Waals surface area contributed by atoms with Crippen LogP contribution in [-0.4, -0.2) is 26.2 Å². The van der Waals surface area contributed by atoms with Gasteiger partial charge >= 0.3 is 5.97 Å². The number of hydrogen-bond donors (Lipinski definition) is 2. The fraction of sp³-hybridized carbons (Fsp3) is 0.417. The highest BCUT2D eigenvalue weighted by Crippen LogP contribution is 2.33. The number of rotatable bonds is 5. The molecule has 0 aliphatic carbocycles. The average Bonchev–Trinajstić information content (AvgIpc) is 2.87. The molecule has 98 valence electrons. The third-order valence-corrected chi connectivity index (χ3v) is 3.75. The Balaban J connectivity index is 2.11. The van der Waals surface area contributed by atoms with Crippen molar-refractivity contribution in [3.8, 4) is 0 Å². The lowest BCUT2D eigenvalue weighted by molar-refractivity contribution is -0.143. The van der Waals surface area contributed by atoms with Crippen LogP contribution in [0.3, 0.4) is 0 Å². The van der Waals surface area contributed by atoms with E-state index in [1.54, 1.807) is 17.4 Å². The van der Waals surface area contributed by atoms with Crippen molar-refractivity contribution in [1.82, 2.24) is 10.8 Å². The predicted octanol–water partition coefficient (Wildman–Crippen LogP) is 1.31. The van der Waals surface area contributed by atoms with Gasteiger partial charge in [-0.15, -0.1) is 17.9 Å². The number of esters is 1. The summed E-state index contributed by atoms with van der Waals surface area (Å²) < 4.78 is 4.79. The first-order chi connectivity index (χ1) is 8.77. The molecule has 1 aliphatic rings. The van der Waals surface area contributed by atoms with Crippen LogP contribution in [0.25, 0.3) is 0 Å². The van der Waals surface area contributed by atoms with Gasteiger partial charge in [-0.25, -0.2) is 4.79 Å². The van der Waals surface area contributed by atoms with Crippen molar-refractivity contribution in [3.63, 3.8) is 0 Å². The van der Waals surface area contributed by atoms with E-state index >= 15 is 0 Å². The minimum atomic E-state index is -0.373. The van der Waals surface area contributed by atoms with E-state index in [9.17, 15) is 4.79 Å². The maximum absolute atomic E-state index is 11.7. The number of fused-ring (bicyclic) bond motifs is 1. The molecule has 0 saturated heterocycles. The molecule has 1 aliphatic heterocycles. The van der Waals surface area contributed by atoms with Gasteiger partial charge in [0, 0.05) is 11.4 Å². The molecule has 0 bridgehead atoms. The normalized spacial score (nSPS) is 22.3. The fourth-order valence-electron chi connectivity index (χ4n) is 1.91. The van der Waals surface area contributed by atoms with Crippen molar-refractivity contribution < 1.29 is 14.4 Å². The molecular formula is C12H16N2O3S. The van der Waals surface area contributed by atoms with Crippen molar-refractivity contribution >= 4 is 17.3 Å². The molecule has 2 rings (SSSR count). The van der Waals surface area contributed by atoms with Crippen LogP contribution in [0.5, 0.6) is 0 Å². The molecular weight excluding hydrogens is 252 g/mol. The standard InChI is InChI=1S/C12H16N2O3S/c1-3-5-17-14-9-7-13-10(12(15)16-2)11-8(9)4-6-18-11/h3-4,6,9-10,13-14H,1,5,7H2,2H3/t9-,10+/m0/s1. The molecule has 0 amide bonds. The summed E-state index contributed by atoms with van der Waals surface area (Å²) in [4.78, 5) is 17.9. The van der Waals surface area contributed by atoms with Gasteiger partial charge in [0.15, 0.2) is 0 Å². The van der Waals surface area contributed by atoms with Crippen LogP contribution in [0.4, 0.5) is 0 Å². The SMILES string of the molecule is C=CCON[C@H]1CN[C@@H](C(=O)OC)c2sccc21.